The Kier molecular flexibility index (Phi) is 4.50. The van der Waals surface area contributed by atoms with Crippen molar-refractivity contribution >= 4 is 15.9 Å². The van der Waals surface area contributed by atoms with Crippen LogP contribution < -0.4 is 5.32 Å². The Balaban J connectivity index is 1.99. The zero-order valence-electron chi connectivity index (χ0n) is 10.2. The average molecular weight is 308 g/mol. The molecule has 2 aromatic carbocycles. The zero-order valence-corrected chi connectivity index (χ0v) is 11.7. The summed E-state index contributed by atoms with van der Waals surface area (Å²) in [5.41, 5.74) is 1.89. The van der Waals surface area contributed by atoms with Gasteiger partial charge in [0, 0.05) is 22.6 Å². The van der Waals surface area contributed by atoms with Crippen LogP contribution in [0.1, 0.15) is 24.1 Å². The molecule has 0 aromatic heterocycles. The lowest BCUT2D eigenvalue weighted by atomic mass is 10.1. The lowest BCUT2D eigenvalue weighted by molar-refractivity contribution is 0.544. The predicted octanol–water partition coefficient (Wildman–Crippen LogP) is 4.44. The summed E-state index contributed by atoms with van der Waals surface area (Å²) in [4.78, 5) is 0. The molecular formula is C15H15BrFN. The molecule has 0 fully saturated rings. The molecule has 0 aliphatic carbocycles. The van der Waals surface area contributed by atoms with E-state index in [0.29, 0.717) is 12.1 Å². The Bertz CT molecular complexity index is 513. The molecule has 1 N–H and O–H groups in total. The Hall–Kier alpha value is -1.19. The molecule has 0 saturated heterocycles. The van der Waals surface area contributed by atoms with Gasteiger partial charge >= 0.3 is 0 Å². The second-order valence-electron chi connectivity index (χ2n) is 4.25. The van der Waals surface area contributed by atoms with E-state index in [9.17, 15) is 4.39 Å². The summed E-state index contributed by atoms with van der Waals surface area (Å²) in [6, 6.07) is 15.5. The van der Waals surface area contributed by atoms with Crippen LogP contribution in [0, 0.1) is 5.82 Å². The summed E-state index contributed by atoms with van der Waals surface area (Å²) in [6.07, 6.45) is 0. The third-order valence-corrected chi connectivity index (χ3v) is 3.41. The maximum Gasteiger partial charge on any atom is 0.128 e. The van der Waals surface area contributed by atoms with Crippen molar-refractivity contribution in [3.63, 3.8) is 0 Å². The first kappa shape index (κ1) is 13.2. The fourth-order valence-corrected chi connectivity index (χ4v) is 2.12. The second-order valence-corrected chi connectivity index (χ2v) is 5.16. The molecule has 0 saturated carbocycles. The molecular weight excluding hydrogens is 293 g/mol. The van der Waals surface area contributed by atoms with Crippen molar-refractivity contribution in [2.75, 3.05) is 0 Å². The summed E-state index contributed by atoms with van der Waals surface area (Å²) in [6.45, 7) is 2.60. The fraction of sp³-hybridized carbons (Fsp3) is 0.200. The van der Waals surface area contributed by atoms with Gasteiger partial charge < -0.3 is 5.32 Å². The first-order chi connectivity index (χ1) is 8.66. The fourth-order valence-electron chi connectivity index (χ4n) is 1.79. The van der Waals surface area contributed by atoms with Crippen LogP contribution >= 0.6 is 15.9 Å². The highest BCUT2D eigenvalue weighted by Gasteiger charge is 2.06. The predicted molar refractivity (Wildman–Crippen MR) is 75.8 cm³/mol. The highest BCUT2D eigenvalue weighted by Crippen LogP contribution is 2.17. The van der Waals surface area contributed by atoms with Crippen molar-refractivity contribution in [3.05, 3.63) is 69.9 Å². The largest absolute Gasteiger partial charge is 0.306 e. The maximum absolute atomic E-state index is 13.6. The van der Waals surface area contributed by atoms with Gasteiger partial charge in [0.15, 0.2) is 0 Å². The Morgan fingerprint density at radius 1 is 1.17 bits per heavy atom. The number of rotatable bonds is 4. The summed E-state index contributed by atoms with van der Waals surface area (Å²) >= 11 is 3.25. The SMILES string of the molecule is C[C@H](NCc1ccc(Br)cc1F)c1ccccc1. The van der Waals surface area contributed by atoms with Crippen LogP contribution in [-0.4, -0.2) is 0 Å². The molecule has 0 aliphatic rings. The van der Waals surface area contributed by atoms with E-state index in [1.165, 1.54) is 11.6 Å². The molecule has 1 nitrogen and oxygen atoms in total. The zero-order chi connectivity index (χ0) is 13.0. The molecule has 0 heterocycles. The van der Waals surface area contributed by atoms with Gasteiger partial charge in [-0.05, 0) is 24.6 Å². The third-order valence-electron chi connectivity index (χ3n) is 2.91. The van der Waals surface area contributed by atoms with E-state index in [1.807, 2.05) is 24.3 Å². The van der Waals surface area contributed by atoms with Crippen molar-refractivity contribution in [3.8, 4) is 0 Å². The molecule has 0 unspecified atom stereocenters. The molecule has 0 spiro atoms. The lowest BCUT2D eigenvalue weighted by Crippen LogP contribution is -2.18. The standard InChI is InChI=1S/C15H15BrFN/c1-11(12-5-3-2-4-6-12)18-10-13-7-8-14(16)9-15(13)17/h2-9,11,18H,10H2,1H3/t11-/m0/s1. The highest BCUT2D eigenvalue weighted by molar-refractivity contribution is 9.10. The van der Waals surface area contributed by atoms with E-state index in [4.69, 9.17) is 0 Å². The lowest BCUT2D eigenvalue weighted by Gasteiger charge is -2.14. The van der Waals surface area contributed by atoms with Crippen LogP contribution in [0.4, 0.5) is 4.39 Å². The summed E-state index contributed by atoms with van der Waals surface area (Å²) in [5.74, 6) is -0.183. The van der Waals surface area contributed by atoms with E-state index in [1.54, 1.807) is 6.07 Å². The van der Waals surface area contributed by atoms with Gasteiger partial charge in [-0.15, -0.1) is 0 Å². The van der Waals surface area contributed by atoms with E-state index in [-0.39, 0.29) is 11.9 Å². The molecule has 0 amide bonds. The topological polar surface area (TPSA) is 12.0 Å². The molecule has 94 valence electrons. The highest BCUT2D eigenvalue weighted by atomic mass is 79.9. The van der Waals surface area contributed by atoms with Gasteiger partial charge in [-0.3, -0.25) is 0 Å². The van der Waals surface area contributed by atoms with Gasteiger partial charge in [-0.2, -0.15) is 0 Å². The first-order valence-electron chi connectivity index (χ1n) is 5.89. The third kappa shape index (κ3) is 3.40. The smallest absolute Gasteiger partial charge is 0.128 e. The van der Waals surface area contributed by atoms with E-state index in [0.717, 1.165) is 4.47 Å². The molecule has 0 radical (unpaired) electrons. The molecule has 3 heteroatoms. The van der Waals surface area contributed by atoms with E-state index >= 15 is 0 Å². The average Bonchev–Trinajstić information content (AvgIpc) is 2.38. The number of halogens is 2. The number of hydrogen-bond donors (Lipinski definition) is 1. The van der Waals surface area contributed by atoms with Gasteiger partial charge in [-0.1, -0.05) is 52.3 Å². The number of benzene rings is 2. The van der Waals surface area contributed by atoms with Crippen molar-refractivity contribution in [1.82, 2.24) is 5.32 Å². The van der Waals surface area contributed by atoms with Crippen LogP contribution in [-0.2, 0) is 6.54 Å². The minimum Gasteiger partial charge on any atom is -0.306 e. The first-order valence-corrected chi connectivity index (χ1v) is 6.68. The minimum atomic E-state index is -0.183. The Labute approximate surface area is 115 Å². The molecule has 0 aliphatic heterocycles. The van der Waals surface area contributed by atoms with Crippen LogP contribution in [0.15, 0.2) is 53.0 Å². The molecule has 2 rings (SSSR count). The number of nitrogens with one attached hydrogen (secondary N) is 1. The van der Waals surface area contributed by atoms with Crippen molar-refractivity contribution in [2.45, 2.75) is 19.5 Å². The summed E-state index contributed by atoms with van der Waals surface area (Å²) in [7, 11) is 0. The van der Waals surface area contributed by atoms with Crippen LogP contribution in [0.25, 0.3) is 0 Å². The van der Waals surface area contributed by atoms with Crippen molar-refractivity contribution in [1.29, 1.82) is 0 Å². The minimum absolute atomic E-state index is 0.183. The Morgan fingerprint density at radius 3 is 2.56 bits per heavy atom. The quantitative estimate of drug-likeness (QED) is 0.880. The molecule has 18 heavy (non-hydrogen) atoms. The summed E-state index contributed by atoms with van der Waals surface area (Å²) < 4.78 is 14.4. The van der Waals surface area contributed by atoms with E-state index < -0.39 is 0 Å². The van der Waals surface area contributed by atoms with Gasteiger partial charge in [0.1, 0.15) is 5.82 Å². The van der Waals surface area contributed by atoms with Gasteiger partial charge in [-0.25, -0.2) is 4.39 Å². The monoisotopic (exact) mass is 307 g/mol. The van der Waals surface area contributed by atoms with Gasteiger partial charge in [0.05, 0.1) is 0 Å². The van der Waals surface area contributed by atoms with Crippen LogP contribution in [0.5, 0.6) is 0 Å². The van der Waals surface area contributed by atoms with Crippen LogP contribution in [0.2, 0.25) is 0 Å². The van der Waals surface area contributed by atoms with Crippen molar-refractivity contribution < 1.29 is 4.39 Å². The van der Waals surface area contributed by atoms with Gasteiger partial charge in [0.25, 0.3) is 0 Å². The normalized spacial score (nSPS) is 12.4. The molecule has 1 atom stereocenters. The number of hydrogen-bond acceptors (Lipinski definition) is 1. The Morgan fingerprint density at radius 2 is 1.89 bits per heavy atom. The maximum atomic E-state index is 13.6. The van der Waals surface area contributed by atoms with Crippen LogP contribution in [0.3, 0.4) is 0 Å². The second kappa shape index (κ2) is 6.12. The van der Waals surface area contributed by atoms with Gasteiger partial charge in [0.2, 0.25) is 0 Å². The molecule has 0 bridgehead atoms. The van der Waals surface area contributed by atoms with E-state index in [2.05, 4.69) is 40.3 Å². The summed E-state index contributed by atoms with van der Waals surface area (Å²) in [5, 5.41) is 3.32. The molecule has 2 aromatic rings. The van der Waals surface area contributed by atoms with Crippen molar-refractivity contribution in [2.24, 2.45) is 0 Å².